The molecule has 0 bridgehead atoms. The van der Waals surface area contributed by atoms with Gasteiger partial charge in [-0.05, 0) is 64.3 Å². The Hall–Kier alpha value is -3.45. The Morgan fingerprint density at radius 3 is 2.38 bits per heavy atom. The monoisotopic (exact) mass is 451 g/mol. The molecule has 3 rings (SSSR count). The van der Waals surface area contributed by atoms with E-state index >= 15 is 0 Å². The van der Waals surface area contributed by atoms with Crippen molar-refractivity contribution in [3.8, 4) is 0 Å². The second kappa shape index (κ2) is 9.66. The number of nitrogens with one attached hydrogen (secondary N) is 2. The van der Waals surface area contributed by atoms with E-state index in [1.54, 1.807) is 37.3 Å². The fourth-order valence-electron chi connectivity index (χ4n) is 2.41. The molecule has 1 aromatic heterocycles. The number of rotatable bonds is 6. The summed E-state index contributed by atoms with van der Waals surface area (Å²) in [4.78, 5) is 24.0. The number of benzene rings is 2. The zero-order valence-corrected chi connectivity index (χ0v) is 17.1. The Morgan fingerprint density at radius 1 is 1.00 bits per heavy atom. The van der Waals surface area contributed by atoms with Crippen LogP contribution in [-0.4, -0.2) is 17.5 Å². The molecule has 3 aromatic rings. The number of halogens is 1. The molecule has 0 unspecified atom stereocenters. The highest BCUT2D eigenvalue weighted by atomic mass is 79.9. The molecule has 146 valence electrons. The van der Waals surface area contributed by atoms with E-state index in [0.717, 1.165) is 11.1 Å². The van der Waals surface area contributed by atoms with Gasteiger partial charge < -0.3 is 9.73 Å². The van der Waals surface area contributed by atoms with Crippen LogP contribution in [-0.2, 0) is 4.79 Å². The normalized spacial score (nSPS) is 11.4. The van der Waals surface area contributed by atoms with Crippen LogP contribution < -0.4 is 10.7 Å². The largest absolute Gasteiger partial charge is 0.444 e. The summed E-state index contributed by atoms with van der Waals surface area (Å²) in [5.41, 5.74) is 5.48. The maximum atomic E-state index is 12.0. The van der Waals surface area contributed by atoms with Crippen LogP contribution in [0.4, 0.5) is 5.69 Å². The molecule has 2 aromatic carbocycles. The van der Waals surface area contributed by atoms with Crippen molar-refractivity contribution in [3.05, 3.63) is 94.4 Å². The van der Waals surface area contributed by atoms with Crippen LogP contribution in [0.25, 0.3) is 6.08 Å². The van der Waals surface area contributed by atoms with Gasteiger partial charge in [0.1, 0.15) is 0 Å². The van der Waals surface area contributed by atoms with Crippen LogP contribution in [0.15, 0.2) is 87.0 Å². The van der Waals surface area contributed by atoms with E-state index in [9.17, 15) is 9.59 Å². The number of carbonyl (C=O) groups excluding carboxylic acids is 2. The first-order valence-corrected chi connectivity index (χ1v) is 9.55. The number of hydrazone groups is 1. The van der Waals surface area contributed by atoms with Crippen LogP contribution in [0.5, 0.6) is 0 Å². The van der Waals surface area contributed by atoms with Crippen LogP contribution >= 0.6 is 15.9 Å². The van der Waals surface area contributed by atoms with E-state index < -0.39 is 5.91 Å². The lowest BCUT2D eigenvalue weighted by Crippen LogP contribution is -2.18. The lowest BCUT2D eigenvalue weighted by Gasteiger charge is -2.05. The van der Waals surface area contributed by atoms with E-state index in [2.05, 4.69) is 31.8 Å². The van der Waals surface area contributed by atoms with Crippen LogP contribution in [0, 0.1) is 0 Å². The average Bonchev–Trinajstić information content (AvgIpc) is 3.18. The molecule has 7 heteroatoms. The van der Waals surface area contributed by atoms with Crippen molar-refractivity contribution >= 4 is 45.2 Å². The second-order valence-electron chi connectivity index (χ2n) is 6.05. The minimum Gasteiger partial charge on any atom is -0.444 e. The number of hydrogen-bond acceptors (Lipinski definition) is 4. The molecule has 0 aliphatic rings. The summed E-state index contributed by atoms with van der Waals surface area (Å²) < 4.78 is 5.65. The van der Waals surface area contributed by atoms with Crippen molar-refractivity contribution in [1.29, 1.82) is 0 Å². The zero-order chi connectivity index (χ0) is 20.6. The van der Waals surface area contributed by atoms with Gasteiger partial charge in [-0.25, -0.2) is 5.43 Å². The molecule has 0 saturated carbocycles. The van der Waals surface area contributed by atoms with Crippen LogP contribution in [0.1, 0.15) is 28.6 Å². The van der Waals surface area contributed by atoms with Crippen LogP contribution in [0.2, 0.25) is 0 Å². The zero-order valence-electron chi connectivity index (χ0n) is 15.6. The topological polar surface area (TPSA) is 83.7 Å². The summed E-state index contributed by atoms with van der Waals surface area (Å²) in [7, 11) is 0. The predicted molar refractivity (Wildman–Crippen MR) is 117 cm³/mol. The molecule has 1 heterocycles. The second-order valence-corrected chi connectivity index (χ2v) is 6.83. The minimum absolute atomic E-state index is 0.162. The molecule has 0 spiro atoms. The van der Waals surface area contributed by atoms with Gasteiger partial charge in [0.05, 0.1) is 5.71 Å². The number of anilines is 1. The van der Waals surface area contributed by atoms with Gasteiger partial charge in [-0.15, -0.1) is 0 Å². The van der Waals surface area contributed by atoms with Crippen molar-refractivity contribution in [2.24, 2.45) is 5.10 Å². The Morgan fingerprint density at radius 2 is 1.72 bits per heavy atom. The molecular weight excluding hydrogens is 434 g/mol. The Labute approximate surface area is 176 Å². The van der Waals surface area contributed by atoms with Crippen molar-refractivity contribution in [2.75, 3.05) is 5.32 Å². The molecule has 0 radical (unpaired) electrons. The molecule has 0 saturated heterocycles. The molecule has 0 aliphatic carbocycles. The maximum Gasteiger partial charge on any atom is 0.307 e. The molecule has 2 N–H and O–H groups in total. The number of carbonyl (C=O) groups is 2. The third-order valence-electron chi connectivity index (χ3n) is 3.92. The van der Waals surface area contributed by atoms with Crippen molar-refractivity contribution < 1.29 is 14.0 Å². The predicted octanol–water partition coefficient (Wildman–Crippen LogP) is 4.85. The number of furan rings is 1. The number of hydrogen-bond donors (Lipinski definition) is 2. The molecule has 0 aliphatic heterocycles. The quantitative estimate of drug-likeness (QED) is 0.319. The fraction of sp³-hybridized carbons (Fsp3) is 0.0455. The fourth-order valence-corrected chi connectivity index (χ4v) is 2.71. The highest BCUT2D eigenvalue weighted by molar-refractivity contribution is 9.10. The van der Waals surface area contributed by atoms with Crippen molar-refractivity contribution in [3.63, 3.8) is 0 Å². The van der Waals surface area contributed by atoms with Gasteiger partial charge in [0.2, 0.25) is 5.91 Å². The van der Waals surface area contributed by atoms with Gasteiger partial charge in [-0.3, -0.25) is 9.59 Å². The summed E-state index contributed by atoms with van der Waals surface area (Å²) >= 11 is 3.15. The third kappa shape index (κ3) is 6.02. The van der Waals surface area contributed by atoms with Gasteiger partial charge in [0, 0.05) is 11.8 Å². The lowest BCUT2D eigenvalue weighted by molar-refractivity contribution is -0.111. The maximum absolute atomic E-state index is 12.0. The van der Waals surface area contributed by atoms with E-state index in [1.165, 1.54) is 6.08 Å². The molecule has 0 fully saturated rings. The van der Waals surface area contributed by atoms with E-state index in [0.29, 0.717) is 16.1 Å². The SMILES string of the molecule is CC(=NNC(=O)c1ccc(Br)o1)c1ccc(NC(=O)C=Cc2ccccc2)cc1. The van der Waals surface area contributed by atoms with Gasteiger partial charge in [-0.1, -0.05) is 42.5 Å². The van der Waals surface area contributed by atoms with Crippen LogP contribution in [0.3, 0.4) is 0 Å². The molecule has 29 heavy (non-hydrogen) atoms. The summed E-state index contributed by atoms with van der Waals surface area (Å²) in [6, 6.07) is 19.9. The third-order valence-corrected chi connectivity index (χ3v) is 4.35. The summed E-state index contributed by atoms with van der Waals surface area (Å²) in [5, 5.41) is 6.88. The first kappa shape index (κ1) is 20.3. The first-order chi connectivity index (χ1) is 14.0. The lowest BCUT2D eigenvalue weighted by atomic mass is 10.1. The van der Waals surface area contributed by atoms with E-state index in [4.69, 9.17) is 4.42 Å². The highest BCUT2D eigenvalue weighted by Crippen LogP contribution is 2.14. The average molecular weight is 452 g/mol. The van der Waals surface area contributed by atoms with E-state index in [-0.39, 0.29) is 11.7 Å². The number of amides is 2. The Kier molecular flexibility index (Phi) is 6.76. The molecule has 6 nitrogen and oxygen atoms in total. The first-order valence-electron chi connectivity index (χ1n) is 8.76. The van der Waals surface area contributed by atoms with Crippen molar-refractivity contribution in [1.82, 2.24) is 5.43 Å². The number of nitrogens with zero attached hydrogens (tertiary/aromatic N) is 1. The highest BCUT2D eigenvalue weighted by Gasteiger charge is 2.09. The van der Waals surface area contributed by atoms with Crippen molar-refractivity contribution in [2.45, 2.75) is 6.92 Å². The van der Waals surface area contributed by atoms with Gasteiger partial charge in [0.15, 0.2) is 10.4 Å². The molecular formula is C22H18BrN3O3. The van der Waals surface area contributed by atoms with Gasteiger partial charge in [-0.2, -0.15) is 5.10 Å². The minimum atomic E-state index is -0.441. The Bertz CT molecular complexity index is 1050. The van der Waals surface area contributed by atoms with E-state index in [1.807, 2.05) is 42.5 Å². The van der Waals surface area contributed by atoms with Gasteiger partial charge >= 0.3 is 5.91 Å². The smallest absolute Gasteiger partial charge is 0.307 e. The van der Waals surface area contributed by atoms with Gasteiger partial charge in [0.25, 0.3) is 0 Å². The summed E-state index contributed by atoms with van der Waals surface area (Å²) in [6.07, 6.45) is 3.24. The Balaban J connectivity index is 1.56. The molecule has 0 atom stereocenters. The summed E-state index contributed by atoms with van der Waals surface area (Å²) in [5.74, 6) is -0.497. The standard InChI is InChI=1S/C22H18BrN3O3/c1-15(25-26-22(28)19-12-13-20(23)29-19)17-8-10-18(11-9-17)24-21(27)14-7-16-5-3-2-4-6-16/h2-14H,1H3,(H,24,27)(H,26,28). The summed E-state index contributed by atoms with van der Waals surface area (Å²) in [6.45, 7) is 1.77. The molecule has 2 amide bonds.